The minimum atomic E-state index is -0.428. The fraction of sp³-hybridized carbons (Fsp3) is 0.533. The Balaban J connectivity index is 0.00000180. The molecule has 0 saturated heterocycles. The average Bonchev–Trinajstić information content (AvgIpc) is 2.84. The largest absolute Gasteiger partial charge is 0.325 e. The standard InChI is InChI=1S/C15H22N2O.ClH/c1-3-10(2)14(16)15(18)17-13-8-7-11-5-4-6-12(11)9-13;/h7-10,14H,3-6,16H2,1-2H3,(H,17,18);1H. The van der Waals surface area contributed by atoms with E-state index in [0.29, 0.717) is 0 Å². The van der Waals surface area contributed by atoms with Crippen LogP contribution < -0.4 is 11.1 Å². The Kier molecular flexibility index (Phi) is 5.83. The van der Waals surface area contributed by atoms with Crippen LogP contribution in [0.4, 0.5) is 5.69 Å². The lowest BCUT2D eigenvalue weighted by Gasteiger charge is -2.18. The van der Waals surface area contributed by atoms with Crippen LogP contribution in [0.1, 0.15) is 37.8 Å². The van der Waals surface area contributed by atoms with Crippen molar-refractivity contribution in [1.29, 1.82) is 0 Å². The maximum Gasteiger partial charge on any atom is 0.241 e. The van der Waals surface area contributed by atoms with Gasteiger partial charge in [0.2, 0.25) is 5.91 Å². The van der Waals surface area contributed by atoms with Gasteiger partial charge in [-0.3, -0.25) is 4.79 Å². The molecule has 0 aliphatic heterocycles. The molecule has 1 aromatic rings. The summed E-state index contributed by atoms with van der Waals surface area (Å²) in [5.41, 5.74) is 9.58. The van der Waals surface area contributed by atoms with Gasteiger partial charge in [-0.15, -0.1) is 12.4 Å². The Morgan fingerprint density at radius 3 is 2.74 bits per heavy atom. The molecule has 0 aromatic heterocycles. The first-order chi connectivity index (χ1) is 8.61. The van der Waals surface area contributed by atoms with Gasteiger partial charge in [-0.2, -0.15) is 0 Å². The summed E-state index contributed by atoms with van der Waals surface area (Å²) in [5, 5.41) is 2.92. The number of fused-ring (bicyclic) bond motifs is 1. The first kappa shape index (κ1) is 16.0. The topological polar surface area (TPSA) is 55.1 Å². The van der Waals surface area contributed by atoms with E-state index in [2.05, 4.69) is 17.4 Å². The highest BCUT2D eigenvalue weighted by molar-refractivity contribution is 5.95. The first-order valence-electron chi connectivity index (χ1n) is 6.80. The summed E-state index contributed by atoms with van der Waals surface area (Å²) in [4.78, 5) is 12.0. The lowest BCUT2D eigenvalue weighted by Crippen LogP contribution is -2.40. The average molecular weight is 283 g/mol. The molecule has 2 unspecified atom stereocenters. The van der Waals surface area contributed by atoms with Crippen molar-refractivity contribution in [2.45, 2.75) is 45.6 Å². The molecule has 2 atom stereocenters. The van der Waals surface area contributed by atoms with Gasteiger partial charge in [0.15, 0.2) is 0 Å². The fourth-order valence-electron chi connectivity index (χ4n) is 2.39. The Bertz CT molecular complexity index is 448. The molecule has 3 N–H and O–H groups in total. The van der Waals surface area contributed by atoms with Crippen molar-refractivity contribution >= 4 is 24.0 Å². The molecule has 0 fully saturated rings. The van der Waals surface area contributed by atoms with Crippen LogP contribution in [0.5, 0.6) is 0 Å². The minimum absolute atomic E-state index is 0. The summed E-state index contributed by atoms with van der Waals surface area (Å²) in [7, 11) is 0. The summed E-state index contributed by atoms with van der Waals surface area (Å²) in [5.74, 6) is 0.127. The Labute approximate surface area is 121 Å². The lowest BCUT2D eigenvalue weighted by atomic mass is 9.99. The molecule has 0 bridgehead atoms. The fourth-order valence-corrected chi connectivity index (χ4v) is 2.39. The molecule has 0 spiro atoms. The van der Waals surface area contributed by atoms with Crippen molar-refractivity contribution in [2.24, 2.45) is 11.7 Å². The number of rotatable bonds is 4. The molecule has 106 valence electrons. The normalized spacial score (nSPS) is 16.2. The third-order valence-corrected chi connectivity index (χ3v) is 3.93. The van der Waals surface area contributed by atoms with E-state index in [1.807, 2.05) is 19.9 Å². The van der Waals surface area contributed by atoms with Crippen LogP contribution in [-0.2, 0) is 17.6 Å². The van der Waals surface area contributed by atoms with Gasteiger partial charge in [-0.25, -0.2) is 0 Å². The lowest BCUT2D eigenvalue weighted by molar-refractivity contribution is -0.118. The van der Waals surface area contributed by atoms with Gasteiger partial charge in [-0.1, -0.05) is 26.3 Å². The zero-order valence-electron chi connectivity index (χ0n) is 11.6. The minimum Gasteiger partial charge on any atom is -0.325 e. The van der Waals surface area contributed by atoms with Crippen molar-refractivity contribution in [3.63, 3.8) is 0 Å². The molecule has 1 aliphatic rings. The second-order valence-electron chi connectivity index (χ2n) is 5.24. The van der Waals surface area contributed by atoms with Gasteiger partial charge in [0.05, 0.1) is 6.04 Å². The number of benzene rings is 1. The summed E-state index contributed by atoms with van der Waals surface area (Å²) in [6.45, 7) is 4.06. The van der Waals surface area contributed by atoms with Gasteiger partial charge >= 0.3 is 0 Å². The van der Waals surface area contributed by atoms with E-state index < -0.39 is 6.04 Å². The second-order valence-corrected chi connectivity index (χ2v) is 5.24. The number of anilines is 1. The van der Waals surface area contributed by atoms with Crippen molar-refractivity contribution in [3.05, 3.63) is 29.3 Å². The summed E-state index contributed by atoms with van der Waals surface area (Å²) >= 11 is 0. The van der Waals surface area contributed by atoms with Gasteiger partial charge < -0.3 is 11.1 Å². The van der Waals surface area contributed by atoms with E-state index in [1.165, 1.54) is 17.5 Å². The maximum atomic E-state index is 12.0. The Morgan fingerprint density at radius 1 is 1.37 bits per heavy atom. The summed E-state index contributed by atoms with van der Waals surface area (Å²) in [6.07, 6.45) is 4.42. The molecule has 4 heteroatoms. The maximum absolute atomic E-state index is 12.0. The smallest absolute Gasteiger partial charge is 0.241 e. The van der Waals surface area contributed by atoms with Gasteiger partial charge in [-0.05, 0) is 48.4 Å². The van der Waals surface area contributed by atoms with Crippen LogP contribution in [0, 0.1) is 5.92 Å². The predicted molar refractivity (Wildman–Crippen MR) is 81.8 cm³/mol. The zero-order chi connectivity index (χ0) is 13.1. The molecule has 3 nitrogen and oxygen atoms in total. The van der Waals surface area contributed by atoms with Gasteiger partial charge in [0.25, 0.3) is 0 Å². The number of nitrogens with two attached hydrogens (primary N) is 1. The summed E-state index contributed by atoms with van der Waals surface area (Å²) in [6, 6.07) is 5.75. The van der Waals surface area contributed by atoms with E-state index in [0.717, 1.165) is 24.9 Å². The molecular formula is C15H23ClN2O. The van der Waals surface area contributed by atoms with Crippen LogP contribution in [0.25, 0.3) is 0 Å². The van der Waals surface area contributed by atoms with Crippen LogP contribution in [0.3, 0.4) is 0 Å². The number of hydrogen-bond donors (Lipinski definition) is 2. The van der Waals surface area contributed by atoms with E-state index in [9.17, 15) is 4.79 Å². The molecule has 2 rings (SSSR count). The number of aryl methyl sites for hydroxylation is 2. The van der Waals surface area contributed by atoms with E-state index in [1.54, 1.807) is 0 Å². The monoisotopic (exact) mass is 282 g/mol. The van der Waals surface area contributed by atoms with Crippen molar-refractivity contribution in [3.8, 4) is 0 Å². The quantitative estimate of drug-likeness (QED) is 0.892. The van der Waals surface area contributed by atoms with Crippen molar-refractivity contribution < 1.29 is 4.79 Å². The van der Waals surface area contributed by atoms with Gasteiger partial charge in [0.1, 0.15) is 0 Å². The van der Waals surface area contributed by atoms with E-state index in [4.69, 9.17) is 5.73 Å². The highest BCUT2D eigenvalue weighted by Gasteiger charge is 2.20. The molecule has 19 heavy (non-hydrogen) atoms. The van der Waals surface area contributed by atoms with Crippen molar-refractivity contribution in [1.82, 2.24) is 0 Å². The number of carbonyl (C=O) groups is 1. The highest BCUT2D eigenvalue weighted by Crippen LogP contribution is 2.25. The molecule has 1 amide bonds. The third-order valence-electron chi connectivity index (χ3n) is 3.93. The second kappa shape index (κ2) is 6.92. The third kappa shape index (κ3) is 3.71. The summed E-state index contributed by atoms with van der Waals surface area (Å²) < 4.78 is 0. The van der Waals surface area contributed by atoms with Gasteiger partial charge in [0, 0.05) is 5.69 Å². The number of hydrogen-bond acceptors (Lipinski definition) is 2. The SMILES string of the molecule is CCC(C)C(N)C(=O)Nc1ccc2c(c1)CCC2.Cl. The molecule has 1 aromatic carbocycles. The van der Waals surface area contributed by atoms with Crippen molar-refractivity contribution in [2.75, 3.05) is 5.32 Å². The number of amides is 1. The Hall–Kier alpha value is -1.06. The molecule has 0 heterocycles. The zero-order valence-corrected chi connectivity index (χ0v) is 12.4. The molecule has 0 radical (unpaired) electrons. The molecule has 0 saturated carbocycles. The molecular weight excluding hydrogens is 260 g/mol. The van der Waals surface area contributed by atoms with E-state index in [-0.39, 0.29) is 24.2 Å². The number of nitrogens with one attached hydrogen (secondary N) is 1. The van der Waals surface area contributed by atoms with Crippen LogP contribution in [0.15, 0.2) is 18.2 Å². The highest BCUT2D eigenvalue weighted by atomic mass is 35.5. The van der Waals surface area contributed by atoms with Crippen LogP contribution in [-0.4, -0.2) is 11.9 Å². The number of carbonyl (C=O) groups excluding carboxylic acids is 1. The number of halogens is 1. The van der Waals surface area contributed by atoms with Crippen LogP contribution >= 0.6 is 12.4 Å². The Morgan fingerprint density at radius 2 is 2.05 bits per heavy atom. The molecule has 1 aliphatic carbocycles. The van der Waals surface area contributed by atoms with E-state index >= 15 is 0 Å². The first-order valence-corrected chi connectivity index (χ1v) is 6.80. The predicted octanol–water partition coefficient (Wildman–Crippen LogP) is 2.91. The van der Waals surface area contributed by atoms with Crippen LogP contribution in [0.2, 0.25) is 0 Å².